The number of hydrogen-bond donors (Lipinski definition) is 3. The zero-order chi connectivity index (χ0) is 14.5. The maximum Gasteiger partial charge on any atom is 0.143 e. The maximum absolute atomic E-state index is 4.73. The van der Waals surface area contributed by atoms with Crippen LogP contribution in [-0.4, -0.2) is 25.1 Å². The fourth-order valence-corrected chi connectivity index (χ4v) is 2.74. The zero-order valence-corrected chi connectivity index (χ0v) is 11.8. The van der Waals surface area contributed by atoms with Crippen molar-refractivity contribution in [3.05, 3.63) is 42.5 Å². The average molecular weight is 290 g/mol. The van der Waals surface area contributed by atoms with Gasteiger partial charge in [0.25, 0.3) is 0 Å². The summed E-state index contributed by atoms with van der Waals surface area (Å²) in [7, 11) is 0. The number of aromatic amines is 2. The largest absolute Gasteiger partial charge is 0.346 e. The van der Waals surface area contributed by atoms with E-state index in [9.17, 15) is 0 Å². The van der Waals surface area contributed by atoms with Crippen LogP contribution in [0.5, 0.6) is 0 Å². The van der Waals surface area contributed by atoms with E-state index in [0.29, 0.717) is 5.92 Å². The topological polar surface area (TPSA) is 82.3 Å². The molecule has 0 atom stereocenters. The van der Waals surface area contributed by atoms with E-state index >= 15 is 0 Å². The summed E-state index contributed by atoms with van der Waals surface area (Å²) in [4.78, 5) is 12.5. The predicted octanol–water partition coefficient (Wildman–Crippen LogP) is 3.46. The van der Waals surface area contributed by atoms with Gasteiger partial charge in [0.1, 0.15) is 17.3 Å². The predicted molar refractivity (Wildman–Crippen MR) is 85.2 cm³/mol. The van der Waals surface area contributed by atoms with Crippen LogP contribution in [0.4, 0.5) is 11.5 Å². The lowest BCUT2D eigenvalue weighted by molar-refractivity contribution is 0.946. The standard InChI is InChI=1S/C16H14N6/c1-2-9(1)14-20-15-12(5-6-17-15)16(21-14)19-11-3-4-13-10(7-11)8-18-22-13/h3-9H,1-2H2,(H,18,22)(H2,17,19,20,21). The second-order valence-electron chi connectivity index (χ2n) is 5.74. The summed E-state index contributed by atoms with van der Waals surface area (Å²) in [6.45, 7) is 0. The molecule has 0 amide bonds. The molecule has 3 aromatic heterocycles. The average Bonchev–Trinajstić information content (AvgIpc) is 3.08. The van der Waals surface area contributed by atoms with Crippen molar-refractivity contribution in [1.29, 1.82) is 0 Å². The minimum Gasteiger partial charge on any atom is -0.346 e. The van der Waals surface area contributed by atoms with E-state index < -0.39 is 0 Å². The Labute approximate surface area is 126 Å². The first kappa shape index (κ1) is 11.7. The van der Waals surface area contributed by atoms with Crippen LogP contribution in [0.3, 0.4) is 0 Å². The third-order valence-electron chi connectivity index (χ3n) is 4.08. The molecular weight excluding hydrogens is 276 g/mol. The minimum absolute atomic E-state index is 0.518. The van der Waals surface area contributed by atoms with E-state index in [1.54, 1.807) is 0 Å². The molecule has 6 heteroatoms. The first-order valence-electron chi connectivity index (χ1n) is 7.42. The summed E-state index contributed by atoms with van der Waals surface area (Å²) in [5, 5.41) is 12.5. The summed E-state index contributed by atoms with van der Waals surface area (Å²) in [6.07, 6.45) is 6.10. The van der Waals surface area contributed by atoms with Gasteiger partial charge in [0.05, 0.1) is 17.1 Å². The van der Waals surface area contributed by atoms with E-state index in [4.69, 9.17) is 4.98 Å². The van der Waals surface area contributed by atoms with E-state index in [-0.39, 0.29) is 0 Å². The van der Waals surface area contributed by atoms with E-state index in [2.05, 4.69) is 31.5 Å². The van der Waals surface area contributed by atoms with Gasteiger partial charge in [0, 0.05) is 23.2 Å². The molecule has 1 aliphatic rings. The Morgan fingerprint density at radius 1 is 1.14 bits per heavy atom. The van der Waals surface area contributed by atoms with E-state index in [1.807, 2.05) is 30.6 Å². The van der Waals surface area contributed by atoms with Gasteiger partial charge in [-0.05, 0) is 37.1 Å². The first-order valence-corrected chi connectivity index (χ1v) is 7.42. The van der Waals surface area contributed by atoms with Crippen LogP contribution < -0.4 is 5.32 Å². The number of nitrogens with zero attached hydrogens (tertiary/aromatic N) is 3. The Balaban J connectivity index is 1.61. The van der Waals surface area contributed by atoms with Crippen molar-refractivity contribution >= 4 is 33.4 Å². The maximum atomic E-state index is 4.73. The van der Waals surface area contributed by atoms with Crippen molar-refractivity contribution in [3.8, 4) is 0 Å². The van der Waals surface area contributed by atoms with Crippen LogP contribution in [0.25, 0.3) is 21.9 Å². The highest BCUT2D eigenvalue weighted by atomic mass is 15.1. The molecule has 1 fully saturated rings. The molecule has 1 aliphatic carbocycles. The SMILES string of the molecule is c1cc2c(Nc3ccc4[nH]ncc4c3)nc(C3CC3)nc2[nH]1. The molecule has 3 N–H and O–H groups in total. The second kappa shape index (κ2) is 4.30. The third-order valence-corrected chi connectivity index (χ3v) is 4.08. The number of anilines is 2. The van der Waals surface area contributed by atoms with Gasteiger partial charge in [0.15, 0.2) is 0 Å². The zero-order valence-electron chi connectivity index (χ0n) is 11.8. The second-order valence-corrected chi connectivity index (χ2v) is 5.74. The lowest BCUT2D eigenvalue weighted by Gasteiger charge is -2.08. The fourth-order valence-electron chi connectivity index (χ4n) is 2.74. The third kappa shape index (κ3) is 1.84. The number of aromatic nitrogens is 5. The Hall–Kier alpha value is -2.89. The van der Waals surface area contributed by atoms with Gasteiger partial charge in [-0.3, -0.25) is 5.10 Å². The summed E-state index contributed by atoms with van der Waals surface area (Å²) in [5.41, 5.74) is 2.92. The summed E-state index contributed by atoms with van der Waals surface area (Å²) >= 11 is 0. The summed E-state index contributed by atoms with van der Waals surface area (Å²) in [5.74, 6) is 2.31. The molecule has 0 spiro atoms. The quantitative estimate of drug-likeness (QED) is 0.539. The van der Waals surface area contributed by atoms with Crippen molar-refractivity contribution in [2.75, 3.05) is 5.32 Å². The van der Waals surface area contributed by atoms with Gasteiger partial charge in [-0.1, -0.05) is 0 Å². The van der Waals surface area contributed by atoms with Crippen LogP contribution in [-0.2, 0) is 0 Å². The molecule has 0 saturated heterocycles. The fraction of sp³-hybridized carbons (Fsp3) is 0.188. The summed E-state index contributed by atoms with van der Waals surface area (Å²) < 4.78 is 0. The Bertz CT molecular complexity index is 979. The molecule has 0 aliphatic heterocycles. The van der Waals surface area contributed by atoms with Crippen molar-refractivity contribution in [1.82, 2.24) is 25.1 Å². The van der Waals surface area contributed by atoms with Crippen LogP contribution in [0, 0.1) is 0 Å². The van der Waals surface area contributed by atoms with Gasteiger partial charge in [0.2, 0.25) is 0 Å². The minimum atomic E-state index is 0.518. The Morgan fingerprint density at radius 2 is 2.09 bits per heavy atom. The van der Waals surface area contributed by atoms with Crippen LogP contribution in [0.15, 0.2) is 36.7 Å². The number of nitrogens with one attached hydrogen (secondary N) is 3. The molecule has 22 heavy (non-hydrogen) atoms. The Morgan fingerprint density at radius 3 is 3.00 bits per heavy atom. The molecular formula is C16H14N6. The molecule has 0 bridgehead atoms. The van der Waals surface area contributed by atoms with E-state index in [0.717, 1.165) is 39.3 Å². The molecule has 0 radical (unpaired) electrons. The molecule has 1 saturated carbocycles. The van der Waals surface area contributed by atoms with Crippen LogP contribution in [0.2, 0.25) is 0 Å². The van der Waals surface area contributed by atoms with Gasteiger partial charge in [-0.15, -0.1) is 0 Å². The number of benzene rings is 1. The lowest BCUT2D eigenvalue weighted by atomic mass is 10.2. The molecule has 6 nitrogen and oxygen atoms in total. The molecule has 108 valence electrons. The Kier molecular flexibility index (Phi) is 2.29. The van der Waals surface area contributed by atoms with Gasteiger partial charge >= 0.3 is 0 Å². The lowest BCUT2D eigenvalue weighted by Crippen LogP contribution is -2.00. The van der Waals surface area contributed by atoms with E-state index in [1.165, 1.54) is 12.8 Å². The monoisotopic (exact) mass is 290 g/mol. The van der Waals surface area contributed by atoms with Crippen LogP contribution >= 0.6 is 0 Å². The van der Waals surface area contributed by atoms with Crippen LogP contribution in [0.1, 0.15) is 24.6 Å². The molecule has 5 rings (SSSR count). The highest BCUT2D eigenvalue weighted by Crippen LogP contribution is 2.39. The number of rotatable bonds is 3. The molecule has 0 unspecified atom stereocenters. The van der Waals surface area contributed by atoms with Crippen molar-refractivity contribution < 1.29 is 0 Å². The van der Waals surface area contributed by atoms with Gasteiger partial charge in [-0.25, -0.2) is 9.97 Å². The highest BCUT2D eigenvalue weighted by molar-refractivity contribution is 5.90. The van der Waals surface area contributed by atoms with Gasteiger partial charge < -0.3 is 10.3 Å². The molecule has 4 aromatic rings. The van der Waals surface area contributed by atoms with Crippen molar-refractivity contribution in [2.45, 2.75) is 18.8 Å². The summed E-state index contributed by atoms with van der Waals surface area (Å²) in [6, 6.07) is 8.11. The highest BCUT2D eigenvalue weighted by Gasteiger charge is 2.27. The van der Waals surface area contributed by atoms with Gasteiger partial charge in [-0.2, -0.15) is 5.10 Å². The number of fused-ring (bicyclic) bond motifs is 2. The first-order chi connectivity index (χ1) is 10.9. The smallest absolute Gasteiger partial charge is 0.143 e. The normalized spacial score (nSPS) is 14.7. The number of H-pyrrole nitrogens is 2. The van der Waals surface area contributed by atoms with Crippen molar-refractivity contribution in [3.63, 3.8) is 0 Å². The molecule has 3 heterocycles. The number of hydrogen-bond acceptors (Lipinski definition) is 4. The van der Waals surface area contributed by atoms with Crippen molar-refractivity contribution in [2.24, 2.45) is 0 Å². The molecule has 1 aromatic carbocycles.